The number of carbonyl (C=O) groups excluding carboxylic acids is 1. The van der Waals surface area contributed by atoms with E-state index < -0.39 is 0 Å². The molecular weight excluding hydrogens is 342 g/mol. The number of nitrogens with zero attached hydrogens (tertiary/aromatic N) is 1. The number of pyridine rings is 1. The third-order valence-corrected chi connectivity index (χ3v) is 3.33. The van der Waals surface area contributed by atoms with Crippen LogP contribution in [0.15, 0.2) is 41.1 Å². The van der Waals surface area contributed by atoms with Crippen LogP contribution in [0.2, 0.25) is 5.02 Å². The molecule has 104 valence electrons. The molecule has 0 spiro atoms. The van der Waals surface area contributed by atoms with Gasteiger partial charge in [-0.15, -0.1) is 0 Å². The van der Waals surface area contributed by atoms with Crippen molar-refractivity contribution >= 4 is 33.3 Å². The van der Waals surface area contributed by atoms with Crippen LogP contribution in [0.25, 0.3) is 0 Å². The van der Waals surface area contributed by atoms with Crippen molar-refractivity contribution < 1.29 is 9.53 Å². The molecule has 1 aromatic carbocycles. The van der Waals surface area contributed by atoms with Crippen molar-refractivity contribution in [3.05, 3.63) is 57.3 Å². The number of hydrogen-bond acceptors (Lipinski definition) is 3. The lowest BCUT2D eigenvalue weighted by Crippen LogP contribution is -2.08. The first-order chi connectivity index (χ1) is 9.47. The van der Waals surface area contributed by atoms with E-state index in [9.17, 15) is 4.79 Å². The van der Waals surface area contributed by atoms with Gasteiger partial charge < -0.3 is 4.74 Å². The average Bonchev–Trinajstić information content (AvgIpc) is 2.37. The molecule has 0 aliphatic rings. The Morgan fingerprint density at radius 3 is 2.70 bits per heavy atom. The van der Waals surface area contributed by atoms with Gasteiger partial charge in [0.05, 0.1) is 17.3 Å². The van der Waals surface area contributed by atoms with Crippen LogP contribution in [0.4, 0.5) is 0 Å². The summed E-state index contributed by atoms with van der Waals surface area (Å²) in [4.78, 5) is 16.5. The molecule has 0 aliphatic heterocycles. The molecule has 0 saturated heterocycles. The van der Waals surface area contributed by atoms with Gasteiger partial charge in [-0.1, -0.05) is 27.5 Å². The van der Waals surface area contributed by atoms with Gasteiger partial charge in [0.2, 0.25) is 0 Å². The molecule has 3 nitrogen and oxygen atoms in total. The van der Waals surface area contributed by atoms with Crippen molar-refractivity contribution in [2.45, 2.75) is 20.0 Å². The lowest BCUT2D eigenvalue weighted by molar-refractivity contribution is 0.103. The zero-order valence-electron chi connectivity index (χ0n) is 11.1. The Bertz CT molecular complexity index is 644. The van der Waals surface area contributed by atoms with Crippen molar-refractivity contribution in [3.8, 4) is 5.75 Å². The zero-order chi connectivity index (χ0) is 14.7. The fraction of sp³-hybridized carbons (Fsp3) is 0.200. The number of halogens is 2. The third kappa shape index (κ3) is 3.58. The van der Waals surface area contributed by atoms with E-state index in [0.717, 1.165) is 4.47 Å². The Kier molecular flexibility index (Phi) is 4.78. The molecule has 0 radical (unpaired) electrons. The van der Waals surface area contributed by atoms with Gasteiger partial charge in [0.15, 0.2) is 5.78 Å². The summed E-state index contributed by atoms with van der Waals surface area (Å²) in [5.74, 6) is 0.392. The van der Waals surface area contributed by atoms with Crippen molar-refractivity contribution in [2.24, 2.45) is 0 Å². The van der Waals surface area contributed by atoms with Crippen LogP contribution in [0, 0.1) is 0 Å². The molecule has 1 aromatic heterocycles. The Balaban J connectivity index is 2.33. The topological polar surface area (TPSA) is 39.2 Å². The fourth-order valence-electron chi connectivity index (χ4n) is 1.71. The summed E-state index contributed by atoms with van der Waals surface area (Å²) in [5.41, 5.74) is 0.894. The number of carbonyl (C=O) groups is 1. The molecular formula is C15H13BrClNO2. The zero-order valence-corrected chi connectivity index (χ0v) is 13.4. The summed E-state index contributed by atoms with van der Waals surface area (Å²) >= 11 is 9.41. The number of ketones is 1. The molecule has 0 N–H and O–H groups in total. The molecule has 2 aromatic rings. The van der Waals surface area contributed by atoms with Gasteiger partial charge in [0.25, 0.3) is 0 Å². The molecule has 1 heterocycles. The van der Waals surface area contributed by atoms with Crippen LogP contribution in [-0.4, -0.2) is 16.9 Å². The third-order valence-electron chi connectivity index (χ3n) is 2.52. The Hall–Kier alpha value is -1.39. The van der Waals surface area contributed by atoms with Gasteiger partial charge in [-0.25, -0.2) is 0 Å². The largest absolute Gasteiger partial charge is 0.489 e. The van der Waals surface area contributed by atoms with Crippen LogP contribution in [0.3, 0.4) is 0 Å². The quantitative estimate of drug-likeness (QED) is 0.758. The minimum absolute atomic E-state index is 0.0263. The van der Waals surface area contributed by atoms with E-state index in [1.54, 1.807) is 30.5 Å². The molecule has 0 aliphatic carbocycles. The highest BCUT2D eigenvalue weighted by Gasteiger charge is 2.14. The number of benzene rings is 1. The van der Waals surface area contributed by atoms with E-state index >= 15 is 0 Å². The first-order valence-corrected chi connectivity index (χ1v) is 7.26. The standard InChI is InChI=1S/C15H13BrClNO2/c1-9(2)20-12-5-10(7-18-8-12)15(19)13-4-3-11(16)6-14(13)17/h3-9H,1-2H3. The minimum Gasteiger partial charge on any atom is -0.489 e. The second-order valence-corrected chi connectivity index (χ2v) is 5.85. The maximum absolute atomic E-state index is 12.4. The normalized spacial score (nSPS) is 10.7. The molecule has 0 saturated carbocycles. The fourth-order valence-corrected chi connectivity index (χ4v) is 2.47. The van der Waals surface area contributed by atoms with Gasteiger partial charge in [0.1, 0.15) is 5.75 Å². The SMILES string of the molecule is CC(C)Oc1cncc(C(=O)c2ccc(Br)cc2Cl)c1. The van der Waals surface area contributed by atoms with E-state index in [1.165, 1.54) is 6.20 Å². The van der Waals surface area contributed by atoms with Crippen LogP contribution in [0.5, 0.6) is 5.75 Å². The lowest BCUT2D eigenvalue weighted by Gasteiger charge is -2.10. The van der Waals surface area contributed by atoms with Crippen LogP contribution in [-0.2, 0) is 0 Å². The molecule has 5 heteroatoms. The predicted octanol–water partition coefficient (Wildman–Crippen LogP) is 4.52. The lowest BCUT2D eigenvalue weighted by atomic mass is 10.1. The molecule has 0 atom stereocenters. The van der Waals surface area contributed by atoms with Gasteiger partial charge in [-0.05, 0) is 38.1 Å². The molecule has 0 fully saturated rings. The number of rotatable bonds is 4. The summed E-state index contributed by atoms with van der Waals surface area (Å²) in [6, 6.07) is 6.83. The highest BCUT2D eigenvalue weighted by molar-refractivity contribution is 9.10. The molecule has 20 heavy (non-hydrogen) atoms. The first-order valence-electron chi connectivity index (χ1n) is 6.09. The van der Waals surface area contributed by atoms with Gasteiger partial charge in [-0.3, -0.25) is 9.78 Å². The molecule has 0 amide bonds. The number of aromatic nitrogens is 1. The summed E-state index contributed by atoms with van der Waals surface area (Å²) in [5, 5.41) is 0.402. The average molecular weight is 355 g/mol. The Morgan fingerprint density at radius 2 is 2.05 bits per heavy atom. The van der Waals surface area contributed by atoms with Gasteiger partial charge in [0, 0.05) is 21.8 Å². The van der Waals surface area contributed by atoms with E-state index in [2.05, 4.69) is 20.9 Å². The van der Waals surface area contributed by atoms with E-state index in [0.29, 0.717) is 21.9 Å². The summed E-state index contributed by atoms with van der Waals surface area (Å²) in [6.07, 6.45) is 3.12. The van der Waals surface area contributed by atoms with Gasteiger partial charge >= 0.3 is 0 Å². The summed E-state index contributed by atoms with van der Waals surface area (Å²) in [6.45, 7) is 3.83. The highest BCUT2D eigenvalue weighted by Crippen LogP contribution is 2.24. The monoisotopic (exact) mass is 353 g/mol. The summed E-state index contributed by atoms with van der Waals surface area (Å²) in [7, 11) is 0. The maximum Gasteiger partial charge on any atom is 0.196 e. The van der Waals surface area contributed by atoms with Crippen molar-refractivity contribution in [2.75, 3.05) is 0 Å². The number of ether oxygens (including phenoxy) is 1. The van der Waals surface area contributed by atoms with Crippen molar-refractivity contribution in [3.63, 3.8) is 0 Å². The smallest absolute Gasteiger partial charge is 0.196 e. The van der Waals surface area contributed by atoms with E-state index in [1.807, 2.05) is 13.8 Å². The van der Waals surface area contributed by atoms with Crippen LogP contribution >= 0.6 is 27.5 Å². The minimum atomic E-state index is -0.177. The second-order valence-electron chi connectivity index (χ2n) is 4.53. The van der Waals surface area contributed by atoms with Crippen LogP contribution < -0.4 is 4.74 Å². The predicted molar refractivity (Wildman–Crippen MR) is 82.6 cm³/mol. The molecule has 0 bridgehead atoms. The molecule has 0 unspecified atom stereocenters. The second kappa shape index (κ2) is 6.37. The number of hydrogen-bond donors (Lipinski definition) is 0. The van der Waals surface area contributed by atoms with E-state index in [4.69, 9.17) is 16.3 Å². The van der Waals surface area contributed by atoms with E-state index in [-0.39, 0.29) is 11.9 Å². The maximum atomic E-state index is 12.4. The highest BCUT2D eigenvalue weighted by atomic mass is 79.9. The van der Waals surface area contributed by atoms with Crippen molar-refractivity contribution in [1.29, 1.82) is 0 Å². The van der Waals surface area contributed by atoms with Crippen LogP contribution in [0.1, 0.15) is 29.8 Å². The Labute approximate surface area is 131 Å². The molecule has 2 rings (SSSR count). The Morgan fingerprint density at radius 1 is 1.30 bits per heavy atom. The van der Waals surface area contributed by atoms with Crippen molar-refractivity contribution in [1.82, 2.24) is 4.98 Å². The van der Waals surface area contributed by atoms with Gasteiger partial charge in [-0.2, -0.15) is 0 Å². The first kappa shape index (κ1) is 15.0. The summed E-state index contributed by atoms with van der Waals surface area (Å²) < 4.78 is 6.36.